The number of ether oxygens (including phenoxy) is 2. The summed E-state index contributed by atoms with van der Waals surface area (Å²) in [5.41, 5.74) is 2.35. The fraction of sp³-hybridized carbons (Fsp3) is 0.115. The van der Waals surface area contributed by atoms with Gasteiger partial charge in [0.2, 0.25) is 0 Å². The molecule has 4 rings (SSSR count). The van der Waals surface area contributed by atoms with Crippen molar-refractivity contribution in [3.8, 4) is 17.2 Å². The molecule has 6 nitrogen and oxygen atoms in total. The van der Waals surface area contributed by atoms with Gasteiger partial charge in [0.1, 0.15) is 29.4 Å². The summed E-state index contributed by atoms with van der Waals surface area (Å²) in [5, 5.41) is 4.13. The number of anilines is 2. The number of fused-ring (bicyclic) bond motifs is 1. The Kier molecular flexibility index (Phi) is 6.41. The first-order valence-corrected chi connectivity index (χ1v) is 10.3. The van der Waals surface area contributed by atoms with E-state index < -0.39 is 0 Å². The van der Waals surface area contributed by atoms with Crippen molar-refractivity contribution in [1.82, 2.24) is 9.97 Å². The summed E-state index contributed by atoms with van der Waals surface area (Å²) in [6.07, 6.45) is 3.02. The Bertz CT molecular complexity index is 1240. The zero-order chi connectivity index (χ0) is 22.3. The summed E-state index contributed by atoms with van der Waals surface area (Å²) in [7, 11) is 0. The zero-order valence-corrected chi connectivity index (χ0v) is 17.7. The number of aromatic nitrogens is 2. The Morgan fingerprint density at radius 1 is 1.03 bits per heavy atom. The van der Waals surface area contributed by atoms with Gasteiger partial charge < -0.3 is 14.8 Å². The molecule has 0 amide bonds. The highest BCUT2D eigenvalue weighted by Gasteiger charge is 2.13. The second-order valence-corrected chi connectivity index (χ2v) is 7.04. The molecule has 4 aromatic rings. The van der Waals surface area contributed by atoms with E-state index in [0.717, 1.165) is 33.7 Å². The van der Waals surface area contributed by atoms with E-state index >= 15 is 0 Å². The fourth-order valence-corrected chi connectivity index (χ4v) is 3.28. The molecule has 160 valence electrons. The van der Waals surface area contributed by atoms with Gasteiger partial charge in [0, 0.05) is 29.1 Å². The molecule has 6 heteroatoms. The summed E-state index contributed by atoms with van der Waals surface area (Å²) in [5.74, 6) is 2.72. The number of benzene rings is 3. The van der Waals surface area contributed by atoms with Crippen molar-refractivity contribution in [3.63, 3.8) is 0 Å². The second-order valence-electron chi connectivity index (χ2n) is 7.04. The van der Waals surface area contributed by atoms with Crippen LogP contribution in [0.15, 0.2) is 85.7 Å². The molecule has 0 saturated carbocycles. The van der Waals surface area contributed by atoms with Crippen LogP contribution in [0.1, 0.15) is 12.5 Å². The lowest BCUT2D eigenvalue weighted by Crippen LogP contribution is -2.04. The highest BCUT2D eigenvalue weighted by atomic mass is 16.5. The summed E-state index contributed by atoms with van der Waals surface area (Å²) >= 11 is 0. The number of hydrogen-bond donors (Lipinski definition) is 1. The molecule has 0 unspecified atom stereocenters. The number of carbonyl (C=O) groups is 1. The lowest BCUT2D eigenvalue weighted by atomic mass is 10.0. The highest BCUT2D eigenvalue weighted by Crippen LogP contribution is 2.31. The average molecular weight is 425 g/mol. The number of para-hydroxylation sites is 1. The van der Waals surface area contributed by atoms with Gasteiger partial charge in [0.05, 0.1) is 12.1 Å². The fourth-order valence-electron chi connectivity index (χ4n) is 3.28. The molecule has 1 heterocycles. The van der Waals surface area contributed by atoms with Gasteiger partial charge in [-0.1, -0.05) is 24.8 Å². The summed E-state index contributed by atoms with van der Waals surface area (Å²) in [4.78, 5) is 20.8. The number of nitrogens with zero attached hydrogens (tertiary/aromatic N) is 2. The van der Waals surface area contributed by atoms with Crippen LogP contribution in [-0.4, -0.2) is 22.4 Å². The molecule has 0 spiro atoms. The first kappa shape index (κ1) is 21.1. The van der Waals surface area contributed by atoms with Crippen molar-refractivity contribution in [3.05, 3.63) is 91.3 Å². The normalized spacial score (nSPS) is 10.5. The molecule has 32 heavy (non-hydrogen) atoms. The SMILES string of the molecule is C=CC(=O)Cc1cc2c(Nc3ccc(Oc4ccccc4)cc3)ncnc2cc1OCC. The lowest BCUT2D eigenvalue weighted by molar-refractivity contribution is -0.114. The van der Waals surface area contributed by atoms with Gasteiger partial charge in [-0.05, 0) is 55.5 Å². The smallest absolute Gasteiger partial charge is 0.159 e. The predicted molar refractivity (Wildman–Crippen MR) is 126 cm³/mol. The van der Waals surface area contributed by atoms with Gasteiger partial charge in [-0.15, -0.1) is 0 Å². The van der Waals surface area contributed by atoms with E-state index in [-0.39, 0.29) is 12.2 Å². The van der Waals surface area contributed by atoms with E-state index in [2.05, 4.69) is 21.9 Å². The van der Waals surface area contributed by atoms with Crippen molar-refractivity contribution >= 4 is 28.2 Å². The van der Waals surface area contributed by atoms with Gasteiger partial charge in [0.15, 0.2) is 5.78 Å². The molecular formula is C26H23N3O3. The number of carbonyl (C=O) groups excluding carboxylic acids is 1. The Balaban J connectivity index is 1.61. The third-order valence-corrected chi connectivity index (χ3v) is 4.81. The molecule has 1 aromatic heterocycles. The van der Waals surface area contributed by atoms with Crippen LogP contribution in [0.3, 0.4) is 0 Å². The summed E-state index contributed by atoms with van der Waals surface area (Å²) in [6.45, 7) is 5.96. The quantitative estimate of drug-likeness (QED) is 0.339. The molecule has 0 atom stereocenters. The van der Waals surface area contributed by atoms with Crippen molar-refractivity contribution in [1.29, 1.82) is 0 Å². The van der Waals surface area contributed by atoms with Crippen molar-refractivity contribution < 1.29 is 14.3 Å². The van der Waals surface area contributed by atoms with Gasteiger partial charge in [-0.3, -0.25) is 4.79 Å². The first-order valence-electron chi connectivity index (χ1n) is 10.3. The minimum Gasteiger partial charge on any atom is -0.494 e. The topological polar surface area (TPSA) is 73.3 Å². The van der Waals surface area contributed by atoms with Gasteiger partial charge >= 0.3 is 0 Å². The third-order valence-electron chi connectivity index (χ3n) is 4.81. The van der Waals surface area contributed by atoms with Crippen LogP contribution in [0.5, 0.6) is 17.2 Å². The van der Waals surface area contributed by atoms with Gasteiger partial charge in [-0.2, -0.15) is 0 Å². The molecule has 1 N–H and O–H groups in total. The van der Waals surface area contributed by atoms with Crippen molar-refractivity contribution in [2.24, 2.45) is 0 Å². The lowest BCUT2D eigenvalue weighted by Gasteiger charge is -2.13. The minimum absolute atomic E-state index is 0.0781. The molecule has 0 aliphatic rings. The van der Waals surface area contributed by atoms with E-state index in [4.69, 9.17) is 9.47 Å². The Labute approximate surface area is 186 Å². The maximum Gasteiger partial charge on any atom is 0.159 e. The van der Waals surface area contributed by atoms with Gasteiger partial charge in [0.25, 0.3) is 0 Å². The predicted octanol–water partition coefficient (Wildman–Crippen LogP) is 5.86. The van der Waals surface area contributed by atoms with Gasteiger partial charge in [-0.25, -0.2) is 9.97 Å². The monoisotopic (exact) mass is 425 g/mol. The number of rotatable bonds is 9. The van der Waals surface area contributed by atoms with Crippen molar-refractivity contribution in [2.75, 3.05) is 11.9 Å². The number of nitrogens with one attached hydrogen (secondary N) is 1. The van der Waals surface area contributed by atoms with E-state index in [9.17, 15) is 4.79 Å². The Morgan fingerprint density at radius 3 is 2.50 bits per heavy atom. The summed E-state index contributed by atoms with van der Waals surface area (Å²) in [6, 6.07) is 21.0. The van der Waals surface area contributed by atoms with Crippen LogP contribution in [0.4, 0.5) is 11.5 Å². The van der Waals surface area contributed by atoms with Crippen LogP contribution < -0.4 is 14.8 Å². The van der Waals surface area contributed by atoms with Crippen LogP contribution in [0, 0.1) is 0 Å². The van der Waals surface area contributed by atoms with Crippen LogP contribution in [-0.2, 0) is 11.2 Å². The Hall–Kier alpha value is -4.19. The maximum absolute atomic E-state index is 12.0. The molecule has 0 aliphatic carbocycles. The summed E-state index contributed by atoms with van der Waals surface area (Å²) < 4.78 is 11.6. The second kappa shape index (κ2) is 9.75. The Morgan fingerprint density at radius 2 is 1.78 bits per heavy atom. The van der Waals surface area contributed by atoms with E-state index in [1.54, 1.807) is 0 Å². The van der Waals surface area contributed by atoms with Crippen LogP contribution in [0.2, 0.25) is 0 Å². The number of hydrogen-bond acceptors (Lipinski definition) is 6. The number of allylic oxidation sites excluding steroid dienone is 1. The first-order chi connectivity index (χ1) is 15.7. The van der Waals surface area contributed by atoms with Crippen LogP contribution in [0.25, 0.3) is 10.9 Å². The minimum atomic E-state index is -0.0781. The molecule has 0 bridgehead atoms. The zero-order valence-electron chi connectivity index (χ0n) is 17.7. The molecule has 0 saturated heterocycles. The van der Waals surface area contributed by atoms with E-state index in [1.807, 2.05) is 73.7 Å². The molecule has 0 aliphatic heterocycles. The molecule has 0 radical (unpaired) electrons. The maximum atomic E-state index is 12.0. The van der Waals surface area contributed by atoms with E-state index in [1.165, 1.54) is 12.4 Å². The largest absolute Gasteiger partial charge is 0.494 e. The molecular weight excluding hydrogens is 402 g/mol. The average Bonchev–Trinajstić information content (AvgIpc) is 2.82. The molecule has 0 fully saturated rings. The number of ketones is 1. The highest BCUT2D eigenvalue weighted by molar-refractivity contribution is 5.95. The third kappa shape index (κ3) is 4.92. The van der Waals surface area contributed by atoms with Crippen LogP contribution >= 0.6 is 0 Å². The van der Waals surface area contributed by atoms with Crippen molar-refractivity contribution in [2.45, 2.75) is 13.3 Å². The standard InChI is InChI=1S/C26H23N3O3/c1-3-20(30)14-18-15-23-24(16-25(18)31-4-2)27-17-28-26(23)29-19-10-12-22(13-11-19)32-21-8-6-5-7-9-21/h3,5-13,15-17H,1,4,14H2,2H3,(H,27,28,29). The molecule has 3 aromatic carbocycles. The van der Waals surface area contributed by atoms with E-state index in [0.29, 0.717) is 18.2 Å².